The van der Waals surface area contributed by atoms with Gasteiger partial charge < -0.3 is 4.74 Å². The maximum absolute atomic E-state index is 10.2. The van der Waals surface area contributed by atoms with E-state index in [4.69, 9.17) is 0 Å². The van der Waals surface area contributed by atoms with Gasteiger partial charge in [0.2, 0.25) is 5.78 Å². The van der Waals surface area contributed by atoms with Gasteiger partial charge in [-0.05, 0) is 0 Å². The fourth-order valence-corrected chi connectivity index (χ4v) is 0.202. The average Bonchev–Trinajstić information content (AvgIpc) is 1.63. The quantitative estimate of drug-likeness (QED) is 0.211. The van der Waals surface area contributed by atoms with E-state index in [0.29, 0.717) is 0 Å². The van der Waals surface area contributed by atoms with Crippen LogP contribution < -0.4 is 0 Å². The molecule has 10 heavy (non-hydrogen) atoms. The summed E-state index contributed by atoms with van der Waals surface area (Å²) >= 11 is 0. The Bertz CT molecular complexity index is 163. The summed E-state index contributed by atoms with van der Waals surface area (Å²) in [4.78, 5) is 30.2. The van der Waals surface area contributed by atoms with Crippen molar-refractivity contribution in [2.24, 2.45) is 0 Å². The SMILES string of the molecule is CC(=O)OC(=O)C(C)=O.[NaH]. The fourth-order valence-electron chi connectivity index (χ4n) is 0.202. The molecular weight excluding hydrogens is 147 g/mol. The third-order valence-corrected chi connectivity index (χ3v) is 0.524. The van der Waals surface area contributed by atoms with Crippen LogP contribution in [0.15, 0.2) is 0 Å². The van der Waals surface area contributed by atoms with Crippen LogP contribution in [0.1, 0.15) is 13.8 Å². The van der Waals surface area contributed by atoms with Crippen molar-refractivity contribution in [2.75, 3.05) is 0 Å². The number of hydrogen-bond acceptors (Lipinski definition) is 4. The second-order valence-corrected chi connectivity index (χ2v) is 1.44. The van der Waals surface area contributed by atoms with E-state index in [0.717, 1.165) is 13.8 Å². The standard InChI is InChI=1S/C5H6O4.Na.H/c1-3(6)5(8)9-4(2)7;;/h1-2H3;;. The van der Waals surface area contributed by atoms with E-state index in [1.165, 1.54) is 0 Å². The molecule has 0 unspecified atom stereocenters. The Morgan fingerprint density at radius 2 is 1.50 bits per heavy atom. The molecule has 0 amide bonds. The molecule has 0 aliphatic heterocycles. The molecule has 0 heterocycles. The Hall–Kier alpha value is -0.190. The van der Waals surface area contributed by atoms with Crippen molar-refractivity contribution in [3.63, 3.8) is 0 Å². The molecule has 0 fully saturated rings. The summed E-state index contributed by atoms with van der Waals surface area (Å²) in [6.07, 6.45) is 0. The van der Waals surface area contributed by atoms with E-state index in [1.54, 1.807) is 0 Å². The van der Waals surface area contributed by atoms with Crippen LogP contribution in [0.3, 0.4) is 0 Å². The Balaban J connectivity index is 0. The summed E-state index contributed by atoms with van der Waals surface area (Å²) in [6.45, 7) is 2.09. The number of rotatable bonds is 1. The minimum atomic E-state index is -1.11. The first kappa shape index (κ1) is 12.5. The molecule has 0 bridgehead atoms. The van der Waals surface area contributed by atoms with Crippen LogP contribution in [0.2, 0.25) is 0 Å². The Labute approximate surface area is 80.2 Å². The second kappa shape index (κ2) is 5.58. The molecule has 0 aromatic heterocycles. The first-order chi connectivity index (χ1) is 4.04. The summed E-state index contributed by atoms with van der Waals surface area (Å²) in [5.41, 5.74) is 0. The molecule has 4 nitrogen and oxygen atoms in total. The second-order valence-electron chi connectivity index (χ2n) is 1.44. The zero-order chi connectivity index (χ0) is 7.44. The van der Waals surface area contributed by atoms with Gasteiger partial charge in [-0.1, -0.05) is 0 Å². The van der Waals surface area contributed by atoms with Crippen LogP contribution in [-0.2, 0) is 19.1 Å². The third-order valence-electron chi connectivity index (χ3n) is 0.524. The van der Waals surface area contributed by atoms with Crippen molar-refractivity contribution >= 4 is 47.3 Å². The van der Waals surface area contributed by atoms with Gasteiger partial charge in [0.1, 0.15) is 0 Å². The van der Waals surface area contributed by atoms with E-state index in [1.807, 2.05) is 0 Å². The summed E-state index contributed by atoms with van der Waals surface area (Å²) in [5, 5.41) is 0. The van der Waals surface area contributed by atoms with Crippen LogP contribution >= 0.6 is 0 Å². The first-order valence-corrected chi connectivity index (χ1v) is 2.27. The number of carbonyl (C=O) groups is 3. The molecule has 0 aromatic rings. The van der Waals surface area contributed by atoms with E-state index in [-0.39, 0.29) is 29.6 Å². The van der Waals surface area contributed by atoms with Crippen LogP contribution in [0.5, 0.6) is 0 Å². The van der Waals surface area contributed by atoms with Crippen molar-refractivity contribution in [3.8, 4) is 0 Å². The van der Waals surface area contributed by atoms with Gasteiger partial charge in [0.05, 0.1) is 0 Å². The average molecular weight is 154 g/mol. The Morgan fingerprint density at radius 1 is 1.10 bits per heavy atom. The predicted octanol–water partition coefficient (Wildman–Crippen LogP) is -0.983. The first-order valence-electron chi connectivity index (χ1n) is 2.27. The summed E-state index contributed by atoms with van der Waals surface area (Å²) < 4.78 is 3.88. The molecule has 0 N–H and O–H groups in total. The number of Topliss-reactive ketones (excluding diaryl/α,β-unsaturated/α-hetero) is 1. The van der Waals surface area contributed by atoms with Crippen LogP contribution in [-0.4, -0.2) is 47.3 Å². The monoisotopic (exact) mass is 154 g/mol. The van der Waals surface area contributed by atoms with Gasteiger partial charge in [-0.3, -0.25) is 9.59 Å². The summed E-state index contributed by atoms with van der Waals surface area (Å²) in [7, 11) is 0. The molecule has 52 valence electrons. The van der Waals surface area contributed by atoms with Crippen LogP contribution in [0.4, 0.5) is 0 Å². The van der Waals surface area contributed by atoms with Gasteiger partial charge in [0, 0.05) is 13.8 Å². The van der Waals surface area contributed by atoms with E-state index in [9.17, 15) is 14.4 Å². The number of hydrogen-bond donors (Lipinski definition) is 0. The number of esters is 2. The van der Waals surface area contributed by atoms with Crippen molar-refractivity contribution < 1.29 is 19.1 Å². The molecule has 0 aliphatic carbocycles. The normalized spacial score (nSPS) is 7.40. The van der Waals surface area contributed by atoms with Gasteiger partial charge in [-0.15, -0.1) is 0 Å². The molecule has 0 aliphatic rings. The zero-order valence-corrected chi connectivity index (χ0v) is 5.13. The molecule has 0 aromatic carbocycles. The fraction of sp³-hybridized carbons (Fsp3) is 0.400. The molecule has 5 heteroatoms. The van der Waals surface area contributed by atoms with E-state index >= 15 is 0 Å². The van der Waals surface area contributed by atoms with Crippen LogP contribution in [0.25, 0.3) is 0 Å². The van der Waals surface area contributed by atoms with Gasteiger partial charge in [-0.2, -0.15) is 0 Å². The molecule has 0 spiro atoms. The topological polar surface area (TPSA) is 60.4 Å². The zero-order valence-electron chi connectivity index (χ0n) is 5.13. The van der Waals surface area contributed by atoms with Crippen molar-refractivity contribution in [1.82, 2.24) is 0 Å². The summed E-state index contributed by atoms with van der Waals surface area (Å²) in [5.74, 6) is -2.65. The molecule has 0 radical (unpaired) electrons. The predicted molar refractivity (Wildman–Crippen MR) is 34.6 cm³/mol. The minimum absolute atomic E-state index is 0. The van der Waals surface area contributed by atoms with Crippen molar-refractivity contribution in [1.29, 1.82) is 0 Å². The summed E-state index contributed by atoms with van der Waals surface area (Å²) in [6, 6.07) is 0. The number of carbonyl (C=O) groups excluding carboxylic acids is 3. The van der Waals surface area contributed by atoms with E-state index < -0.39 is 17.7 Å². The maximum atomic E-state index is 10.2. The number of ketones is 1. The Morgan fingerprint density at radius 3 is 1.60 bits per heavy atom. The molecule has 0 saturated heterocycles. The van der Waals surface area contributed by atoms with Gasteiger partial charge in [-0.25, -0.2) is 4.79 Å². The van der Waals surface area contributed by atoms with Gasteiger partial charge >= 0.3 is 41.5 Å². The Kier molecular flexibility index (Phi) is 6.97. The van der Waals surface area contributed by atoms with Crippen molar-refractivity contribution in [3.05, 3.63) is 0 Å². The van der Waals surface area contributed by atoms with Gasteiger partial charge in [0.15, 0.2) is 0 Å². The molecule has 0 saturated carbocycles. The molecule has 0 atom stereocenters. The molecule has 0 rings (SSSR count). The number of ether oxygens (including phenoxy) is 1. The van der Waals surface area contributed by atoms with Gasteiger partial charge in [0.25, 0.3) is 0 Å². The van der Waals surface area contributed by atoms with Crippen LogP contribution in [0, 0.1) is 0 Å². The van der Waals surface area contributed by atoms with E-state index in [2.05, 4.69) is 4.74 Å². The third kappa shape index (κ3) is 5.94. The molecular formula is C5H7NaO4. The van der Waals surface area contributed by atoms with Crippen molar-refractivity contribution in [2.45, 2.75) is 13.8 Å².